The van der Waals surface area contributed by atoms with Gasteiger partial charge in [0.2, 0.25) is 5.91 Å². The minimum Gasteiger partial charge on any atom is -0.386 e. The molecular formula is C12H17N3O3. The maximum Gasteiger partial charge on any atom is 0.345 e. The van der Waals surface area contributed by atoms with Gasteiger partial charge in [0.05, 0.1) is 25.1 Å². The molecule has 0 aliphatic carbocycles. The third kappa shape index (κ3) is 2.43. The van der Waals surface area contributed by atoms with Gasteiger partial charge in [0.25, 0.3) is 0 Å². The van der Waals surface area contributed by atoms with Gasteiger partial charge in [0.15, 0.2) is 0 Å². The SMILES string of the molecule is Cc1nc(=O)[nH]c(C)c1CC(=O)N1CC(C)(O)C1. The van der Waals surface area contributed by atoms with Crippen molar-refractivity contribution in [2.24, 2.45) is 0 Å². The van der Waals surface area contributed by atoms with Crippen molar-refractivity contribution in [3.05, 3.63) is 27.4 Å². The smallest absolute Gasteiger partial charge is 0.345 e. The molecule has 6 heteroatoms. The number of rotatable bonds is 2. The molecule has 0 saturated carbocycles. The first-order valence-corrected chi connectivity index (χ1v) is 5.85. The normalized spacial score (nSPS) is 17.4. The summed E-state index contributed by atoms with van der Waals surface area (Å²) in [5.74, 6) is -0.0541. The summed E-state index contributed by atoms with van der Waals surface area (Å²) in [6, 6.07) is 0. The summed E-state index contributed by atoms with van der Waals surface area (Å²) in [5, 5.41) is 9.59. The van der Waals surface area contributed by atoms with E-state index >= 15 is 0 Å². The quantitative estimate of drug-likeness (QED) is 0.743. The van der Waals surface area contributed by atoms with E-state index in [1.165, 1.54) is 0 Å². The molecule has 1 aliphatic rings. The van der Waals surface area contributed by atoms with Crippen LogP contribution in [0.1, 0.15) is 23.9 Å². The molecule has 2 heterocycles. The molecule has 2 rings (SSSR count). The zero-order valence-electron chi connectivity index (χ0n) is 10.8. The minimum atomic E-state index is -0.761. The molecule has 0 bridgehead atoms. The second kappa shape index (κ2) is 4.20. The number of β-amino-alcohol motifs (C(OH)–C–C–N with tert-alkyl or cyclic N) is 1. The molecule has 2 N–H and O–H groups in total. The number of aryl methyl sites for hydroxylation is 2. The van der Waals surface area contributed by atoms with Crippen molar-refractivity contribution in [1.29, 1.82) is 0 Å². The van der Waals surface area contributed by atoms with Crippen molar-refractivity contribution in [2.75, 3.05) is 13.1 Å². The van der Waals surface area contributed by atoms with Crippen LogP contribution in [0.4, 0.5) is 0 Å². The number of likely N-dealkylation sites (tertiary alicyclic amines) is 1. The van der Waals surface area contributed by atoms with Crippen LogP contribution in [0.25, 0.3) is 0 Å². The molecule has 0 aromatic carbocycles. The minimum absolute atomic E-state index is 0.0541. The van der Waals surface area contributed by atoms with Gasteiger partial charge in [-0.25, -0.2) is 4.79 Å². The topological polar surface area (TPSA) is 86.3 Å². The molecule has 1 amide bonds. The monoisotopic (exact) mass is 251 g/mol. The first-order chi connectivity index (χ1) is 8.28. The fraction of sp³-hybridized carbons (Fsp3) is 0.583. The molecule has 1 fully saturated rings. The number of carbonyl (C=O) groups is 1. The first-order valence-electron chi connectivity index (χ1n) is 5.85. The van der Waals surface area contributed by atoms with E-state index in [2.05, 4.69) is 9.97 Å². The van der Waals surface area contributed by atoms with Gasteiger partial charge in [-0.1, -0.05) is 0 Å². The molecule has 0 atom stereocenters. The van der Waals surface area contributed by atoms with Crippen LogP contribution in [0.15, 0.2) is 4.79 Å². The van der Waals surface area contributed by atoms with Crippen molar-refractivity contribution < 1.29 is 9.90 Å². The van der Waals surface area contributed by atoms with E-state index in [0.29, 0.717) is 24.5 Å². The summed E-state index contributed by atoms with van der Waals surface area (Å²) in [7, 11) is 0. The lowest BCUT2D eigenvalue weighted by Crippen LogP contribution is -2.62. The zero-order chi connectivity index (χ0) is 13.5. The lowest BCUT2D eigenvalue weighted by atomic mass is 9.95. The maximum absolute atomic E-state index is 12.0. The number of aliphatic hydroxyl groups is 1. The average Bonchev–Trinajstić information content (AvgIpc) is 2.19. The van der Waals surface area contributed by atoms with Crippen molar-refractivity contribution in [1.82, 2.24) is 14.9 Å². The van der Waals surface area contributed by atoms with Gasteiger partial charge in [0, 0.05) is 17.0 Å². The number of carbonyl (C=O) groups excluding carboxylic acids is 1. The molecule has 6 nitrogen and oxygen atoms in total. The van der Waals surface area contributed by atoms with E-state index in [9.17, 15) is 14.7 Å². The number of aromatic amines is 1. The molecule has 1 aromatic rings. The molecule has 0 unspecified atom stereocenters. The highest BCUT2D eigenvalue weighted by molar-refractivity contribution is 5.80. The van der Waals surface area contributed by atoms with E-state index in [1.54, 1.807) is 25.7 Å². The Balaban J connectivity index is 2.11. The van der Waals surface area contributed by atoms with E-state index in [1.807, 2.05) is 0 Å². The van der Waals surface area contributed by atoms with Gasteiger partial charge in [-0.05, 0) is 20.8 Å². The van der Waals surface area contributed by atoms with Gasteiger partial charge in [-0.15, -0.1) is 0 Å². The largest absolute Gasteiger partial charge is 0.386 e. The van der Waals surface area contributed by atoms with Gasteiger partial charge in [-0.3, -0.25) is 4.79 Å². The number of hydrogen-bond acceptors (Lipinski definition) is 4. The lowest BCUT2D eigenvalue weighted by Gasteiger charge is -2.44. The highest BCUT2D eigenvalue weighted by atomic mass is 16.3. The number of nitrogens with one attached hydrogen (secondary N) is 1. The Morgan fingerprint density at radius 3 is 2.61 bits per heavy atom. The molecule has 18 heavy (non-hydrogen) atoms. The second-order valence-electron chi connectivity index (χ2n) is 5.15. The zero-order valence-corrected chi connectivity index (χ0v) is 10.8. The summed E-state index contributed by atoms with van der Waals surface area (Å²) in [4.78, 5) is 31.1. The number of hydrogen-bond donors (Lipinski definition) is 2. The molecule has 1 aromatic heterocycles. The highest BCUT2D eigenvalue weighted by Gasteiger charge is 2.39. The van der Waals surface area contributed by atoms with E-state index in [-0.39, 0.29) is 12.3 Å². The Hall–Kier alpha value is -1.69. The third-order valence-electron chi connectivity index (χ3n) is 3.20. The highest BCUT2D eigenvalue weighted by Crippen LogP contribution is 2.21. The maximum atomic E-state index is 12.0. The number of H-pyrrole nitrogens is 1. The molecular weight excluding hydrogens is 234 g/mol. The van der Waals surface area contributed by atoms with Crippen LogP contribution in [0.2, 0.25) is 0 Å². The molecule has 1 aliphatic heterocycles. The van der Waals surface area contributed by atoms with E-state index < -0.39 is 11.3 Å². The Kier molecular flexibility index (Phi) is 2.98. The summed E-state index contributed by atoms with van der Waals surface area (Å²) in [6.07, 6.45) is 0.206. The number of nitrogens with zero attached hydrogens (tertiary/aromatic N) is 2. The van der Waals surface area contributed by atoms with Crippen LogP contribution in [0.5, 0.6) is 0 Å². The second-order valence-corrected chi connectivity index (χ2v) is 5.15. The summed E-state index contributed by atoms with van der Waals surface area (Å²) >= 11 is 0. The van der Waals surface area contributed by atoms with Crippen LogP contribution in [-0.2, 0) is 11.2 Å². The molecule has 1 saturated heterocycles. The summed E-state index contributed by atoms with van der Waals surface area (Å²) in [6.45, 7) is 5.90. The predicted octanol–water partition coefficient (Wildman–Crippen LogP) is -0.478. The summed E-state index contributed by atoms with van der Waals surface area (Å²) < 4.78 is 0. The Bertz CT molecular complexity index is 514. The fourth-order valence-corrected chi connectivity index (χ4v) is 2.23. The van der Waals surface area contributed by atoms with Gasteiger partial charge >= 0.3 is 5.69 Å². The molecule has 0 spiro atoms. The van der Waals surface area contributed by atoms with Crippen molar-refractivity contribution in [3.8, 4) is 0 Å². The molecule has 98 valence electrons. The van der Waals surface area contributed by atoms with Crippen LogP contribution < -0.4 is 5.69 Å². The summed E-state index contributed by atoms with van der Waals surface area (Å²) in [5.41, 5.74) is 0.854. The van der Waals surface area contributed by atoms with Crippen LogP contribution in [0, 0.1) is 13.8 Å². The average molecular weight is 251 g/mol. The van der Waals surface area contributed by atoms with E-state index in [0.717, 1.165) is 5.56 Å². The van der Waals surface area contributed by atoms with Crippen molar-refractivity contribution >= 4 is 5.91 Å². The van der Waals surface area contributed by atoms with Crippen molar-refractivity contribution in [3.63, 3.8) is 0 Å². The van der Waals surface area contributed by atoms with Crippen LogP contribution >= 0.6 is 0 Å². The molecule has 0 radical (unpaired) electrons. The third-order valence-corrected chi connectivity index (χ3v) is 3.20. The van der Waals surface area contributed by atoms with Crippen molar-refractivity contribution in [2.45, 2.75) is 32.8 Å². The Labute approximate surface area is 105 Å². The lowest BCUT2D eigenvalue weighted by molar-refractivity contribution is -0.151. The predicted molar refractivity (Wildman–Crippen MR) is 65.2 cm³/mol. The van der Waals surface area contributed by atoms with Crippen LogP contribution in [-0.4, -0.2) is 44.6 Å². The Morgan fingerprint density at radius 1 is 1.50 bits per heavy atom. The number of aromatic nitrogens is 2. The standard InChI is InChI=1S/C12H17N3O3/c1-7-9(8(2)14-11(17)13-7)4-10(16)15-5-12(3,18)6-15/h18H,4-6H2,1-3H3,(H,13,14,17). The first kappa shape index (κ1) is 12.8. The van der Waals surface area contributed by atoms with E-state index in [4.69, 9.17) is 0 Å². The fourth-order valence-electron chi connectivity index (χ4n) is 2.23. The Morgan fingerprint density at radius 2 is 2.11 bits per heavy atom. The van der Waals surface area contributed by atoms with Gasteiger partial charge in [0.1, 0.15) is 0 Å². The number of amides is 1. The van der Waals surface area contributed by atoms with Gasteiger partial charge in [-0.2, -0.15) is 4.98 Å². The van der Waals surface area contributed by atoms with Gasteiger partial charge < -0.3 is 15.0 Å². The van der Waals surface area contributed by atoms with Crippen LogP contribution in [0.3, 0.4) is 0 Å².